The van der Waals surface area contributed by atoms with Gasteiger partial charge in [0.15, 0.2) is 0 Å². The Morgan fingerprint density at radius 3 is 2.38 bits per heavy atom. The van der Waals surface area contributed by atoms with E-state index in [1.807, 2.05) is 30.3 Å². The first-order valence-corrected chi connectivity index (χ1v) is 10.9. The van der Waals surface area contributed by atoms with Crippen LogP contribution in [-0.2, 0) is 9.59 Å². The third-order valence-corrected chi connectivity index (χ3v) is 6.35. The number of hydrogen-bond acceptors (Lipinski definition) is 4. The summed E-state index contributed by atoms with van der Waals surface area (Å²) in [6.07, 6.45) is 3.15. The molecule has 8 heteroatoms. The number of amides is 1. The van der Waals surface area contributed by atoms with E-state index in [2.05, 4.69) is 9.97 Å². The van der Waals surface area contributed by atoms with Crippen LogP contribution in [0.15, 0.2) is 67.0 Å². The van der Waals surface area contributed by atoms with E-state index >= 15 is 0 Å². The zero-order chi connectivity index (χ0) is 22.9. The second-order valence-electron chi connectivity index (χ2n) is 8.22. The number of carboxylic acids is 1. The van der Waals surface area contributed by atoms with Crippen molar-refractivity contribution in [2.24, 2.45) is 5.41 Å². The molecule has 3 atom stereocenters. The highest BCUT2D eigenvalue weighted by Crippen LogP contribution is 2.51. The smallest absolute Gasteiger partial charge is 0.304 e. The van der Waals surface area contributed by atoms with Crippen molar-refractivity contribution in [3.8, 4) is 0 Å². The molecule has 0 spiro atoms. The van der Waals surface area contributed by atoms with E-state index in [1.54, 1.807) is 43.6 Å². The van der Waals surface area contributed by atoms with E-state index < -0.39 is 17.4 Å². The number of carbonyl (C=O) groups excluding carboxylic acids is 1. The number of anilines is 1. The maximum Gasteiger partial charge on any atom is 0.304 e. The first-order valence-electron chi connectivity index (χ1n) is 10.1. The molecule has 1 aliphatic rings. The molecule has 1 saturated heterocycles. The standard InChI is InChI=1S/C24H21Cl2N3O3/c1-24(14-20(30)31)13-19(16-4-2-5-18(26)12-16)21(15-6-8-17(25)9-7-15)29(22(24)32)23-27-10-3-11-28-23/h2-12,19,21H,13-14H2,1H3,(H,30,31)/t19-,21?,24-/m1/s1. The lowest BCUT2D eigenvalue weighted by Crippen LogP contribution is -2.53. The summed E-state index contributed by atoms with van der Waals surface area (Å²) in [5, 5.41) is 10.7. The highest BCUT2D eigenvalue weighted by atomic mass is 35.5. The highest BCUT2D eigenvalue weighted by Gasteiger charge is 2.52. The Kier molecular flexibility index (Phi) is 6.17. The molecule has 4 rings (SSSR count). The van der Waals surface area contributed by atoms with Crippen LogP contribution in [0.1, 0.15) is 42.9 Å². The number of carboxylic acid groups (broad SMARTS) is 1. The molecule has 0 saturated carbocycles. The van der Waals surface area contributed by atoms with Crippen molar-refractivity contribution in [2.75, 3.05) is 4.90 Å². The van der Waals surface area contributed by atoms with Crippen LogP contribution in [0.3, 0.4) is 0 Å². The summed E-state index contributed by atoms with van der Waals surface area (Å²) in [7, 11) is 0. The monoisotopic (exact) mass is 469 g/mol. The predicted octanol–water partition coefficient (Wildman–Crippen LogP) is 5.53. The summed E-state index contributed by atoms with van der Waals surface area (Å²) >= 11 is 12.4. The number of halogens is 2. The van der Waals surface area contributed by atoms with Crippen LogP contribution in [-0.4, -0.2) is 27.0 Å². The first kappa shape index (κ1) is 22.2. The molecule has 0 radical (unpaired) electrons. The van der Waals surface area contributed by atoms with Gasteiger partial charge in [-0.3, -0.25) is 14.5 Å². The largest absolute Gasteiger partial charge is 0.481 e. The topological polar surface area (TPSA) is 83.4 Å². The van der Waals surface area contributed by atoms with Gasteiger partial charge < -0.3 is 5.11 Å². The van der Waals surface area contributed by atoms with Crippen molar-refractivity contribution in [2.45, 2.75) is 31.7 Å². The third kappa shape index (κ3) is 4.33. The zero-order valence-corrected chi connectivity index (χ0v) is 18.8. The van der Waals surface area contributed by atoms with E-state index in [4.69, 9.17) is 23.2 Å². The fourth-order valence-electron chi connectivity index (χ4n) is 4.47. The van der Waals surface area contributed by atoms with Gasteiger partial charge in [0.25, 0.3) is 0 Å². The van der Waals surface area contributed by atoms with Gasteiger partial charge in [-0.2, -0.15) is 0 Å². The molecule has 3 aromatic rings. The molecule has 32 heavy (non-hydrogen) atoms. The molecule has 2 heterocycles. The summed E-state index contributed by atoms with van der Waals surface area (Å²) in [5.74, 6) is -1.39. The van der Waals surface area contributed by atoms with Gasteiger partial charge in [-0.1, -0.05) is 54.4 Å². The van der Waals surface area contributed by atoms with Crippen LogP contribution in [0.5, 0.6) is 0 Å². The first-order chi connectivity index (χ1) is 15.3. The second kappa shape index (κ2) is 8.88. The molecule has 6 nitrogen and oxygen atoms in total. The van der Waals surface area contributed by atoms with E-state index in [0.29, 0.717) is 16.5 Å². The molecular weight excluding hydrogens is 449 g/mol. The van der Waals surface area contributed by atoms with E-state index in [0.717, 1.165) is 11.1 Å². The number of rotatable bonds is 5. The van der Waals surface area contributed by atoms with Crippen LogP contribution in [0, 0.1) is 5.41 Å². The average Bonchev–Trinajstić information content (AvgIpc) is 2.76. The summed E-state index contributed by atoms with van der Waals surface area (Å²) in [6, 6.07) is 15.9. The number of piperidine rings is 1. The molecule has 2 aromatic carbocycles. The SMILES string of the molecule is C[C@]1(CC(=O)O)C[C@H](c2cccc(Cl)c2)C(c2ccc(Cl)cc2)N(c2ncccn2)C1=O. The Morgan fingerprint density at radius 1 is 1.06 bits per heavy atom. The van der Waals surface area contributed by atoms with Gasteiger partial charge in [-0.15, -0.1) is 0 Å². The van der Waals surface area contributed by atoms with Crippen molar-refractivity contribution in [1.29, 1.82) is 0 Å². The van der Waals surface area contributed by atoms with Crippen molar-refractivity contribution in [3.63, 3.8) is 0 Å². The number of aliphatic carboxylic acids is 1. The molecule has 0 bridgehead atoms. The molecular formula is C24H21Cl2N3O3. The minimum absolute atomic E-state index is 0.223. The van der Waals surface area contributed by atoms with Crippen molar-refractivity contribution in [1.82, 2.24) is 9.97 Å². The normalized spacial score (nSPS) is 23.2. The van der Waals surface area contributed by atoms with Crippen molar-refractivity contribution in [3.05, 3.63) is 88.2 Å². The zero-order valence-electron chi connectivity index (χ0n) is 17.3. The predicted molar refractivity (Wildman–Crippen MR) is 123 cm³/mol. The fraction of sp³-hybridized carbons (Fsp3) is 0.250. The van der Waals surface area contributed by atoms with Crippen LogP contribution in [0.25, 0.3) is 0 Å². The van der Waals surface area contributed by atoms with Gasteiger partial charge in [0.1, 0.15) is 0 Å². The maximum absolute atomic E-state index is 13.8. The lowest BCUT2D eigenvalue weighted by atomic mass is 9.67. The van der Waals surface area contributed by atoms with Gasteiger partial charge in [0.2, 0.25) is 11.9 Å². The third-order valence-electron chi connectivity index (χ3n) is 5.86. The number of hydrogen-bond donors (Lipinski definition) is 1. The molecule has 1 fully saturated rings. The Morgan fingerprint density at radius 2 is 1.75 bits per heavy atom. The Hall–Kier alpha value is -2.96. The Bertz CT molecular complexity index is 1140. The summed E-state index contributed by atoms with van der Waals surface area (Å²) in [4.78, 5) is 35.7. The van der Waals surface area contributed by atoms with Crippen molar-refractivity contribution >= 4 is 41.0 Å². The second-order valence-corrected chi connectivity index (χ2v) is 9.09. The van der Waals surface area contributed by atoms with E-state index in [-0.39, 0.29) is 24.2 Å². The Balaban J connectivity index is 1.94. The lowest BCUT2D eigenvalue weighted by molar-refractivity contribution is -0.145. The highest BCUT2D eigenvalue weighted by molar-refractivity contribution is 6.30. The van der Waals surface area contributed by atoms with E-state index in [9.17, 15) is 14.7 Å². The van der Waals surface area contributed by atoms with Crippen molar-refractivity contribution < 1.29 is 14.7 Å². The van der Waals surface area contributed by atoms with Crippen LogP contribution in [0.2, 0.25) is 10.0 Å². The van der Waals surface area contributed by atoms with Gasteiger partial charge in [0, 0.05) is 28.4 Å². The fourth-order valence-corrected chi connectivity index (χ4v) is 4.80. The summed E-state index contributed by atoms with van der Waals surface area (Å²) in [6.45, 7) is 1.69. The lowest BCUT2D eigenvalue weighted by Gasteiger charge is -2.47. The summed E-state index contributed by atoms with van der Waals surface area (Å²) < 4.78 is 0. The van der Waals surface area contributed by atoms with Crippen LogP contribution in [0.4, 0.5) is 5.95 Å². The number of nitrogens with zero attached hydrogens (tertiary/aromatic N) is 3. The minimum Gasteiger partial charge on any atom is -0.481 e. The Labute approximate surface area is 195 Å². The number of carbonyl (C=O) groups is 2. The van der Waals surface area contributed by atoms with Crippen LogP contribution >= 0.6 is 23.2 Å². The minimum atomic E-state index is -1.15. The molecule has 1 unspecified atom stereocenters. The van der Waals surface area contributed by atoms with Crippen LogP contribution < -0.4 is 4.90 Å². The molecule has 1 amide bonds. The van der Waals surface area contributed by atoms with Gasteiger partial charge in [0.05, 0.1) is 17.9 Å². The number of aromatic nitrogens is 2. The number of benzene rings is 2. The summed E-state index contributed by atoms with van der Waals surface area (Å²) in [5.41, 5.74) is 0.598. The molecule has 1 N–H and O–H groups in total. The molecule has 1 aromatic heterocycles. The van der Waals surface area contributed by atoms with Gasteiger partial charge in [-0.05, 0) is 47.9 Å². The maximum atomic E-state index is 13.8. The van der Waals surface area contributed by atoms with Gasteiger partial charge in [-0.25, -0.2) is 9.97 Å². The quantitative estimate of drug-likeness (QED) is 0.531. The molecule has 1 aliphatic heterocycles. The molecule has 164 valence electrons. The molecule has 0 aliphatic carbocycles. The van der Waals surface area contributed by atoms with Gasteiger partial charge >= 0.3 is 5.97 Å². The average molecular weight is 470 g/mol. The van der Waals surface area contributed by atoms with E-state index in [1.165, 1.54) is 4.90 Å².